The highest BCUT2D eigenvalue weighted by Crippen LogP contribution is 2.30. The minimum atomic E-state index is -4.46. The number of pyridine rings is 6. The Balaban J connectivity index is 0.000000275. The first-order valence-corrected chi connectivity index (χ1v) is 36.2. The predicted octanol–water partition coefficient (Wildman–Crippen LogP) is 16.9. The van der Waals surface area contributed by atoms with Crippen molar-refractivity contribution in [3.63, 3.8) is 0 Å². The molecular weight excluding hydrogens is 1730 g/mol. The van der Waals surface area contributed by atoms with Gasteiger partial charge in [0.2, 0.25) is 5.91 Å². The normalized spacial score (nSPS) is 12.4. The molecule has 2 aliphatic rings. The van der Waals surface area contributed by atoms with E-state index in [9.17, 15) is 64.3 Å². The molecule has 0 atom stereocenters. The molecule has 586 valence electrons. The predicted molar refractivity (Wildman–Crippen MR) is 428 cm³/mol. The number of nitrogens with one attached hydrogen (secondary N) is 1. The molecule has 6 N–H and O–H groups in total. The Bertz CT molecular complexity index is 4780. The largest absolute Gasteiger partial charge is 0.488 e. The van der Waals surface area contributed by atoms with E-state index >= 15 is 0 Å². The molecule has 2 fully saturated rings. The summed E-state index contributed by atoms with van der Waals surface area (Å²) >= 11 is 12.7. The van der Waals surface area contributed by atoms with Crippen molar-refractivity contribution in [3.8, 4) is 33.8 Å². The van der Waals surface area contributed by atoms with Gasteiger partial charge in [0.1, 0.15) is 41.9 Å². The Kier molecular flexibility index (Phi) is 38.9. The second-order valence-corrected chi connectivity index (χ2v) is 27.6. The van der Waals surface area contributed by atoms with Gasteiger partial charge >= 0.3 is 31.2 Å². The smallest absolute Gasteiger partial charge is 0.481 e. The van der Waals surface area contributed by atoms with Gasteiger partial charge in [0.05, 0.1) is 60.2 Å². The molecule has 0 spiro atoms. The zero-order valence-electron chi connectivity index (χ0n) is 60.9. The van der Waals surface area contributed by atoms with Crippen molar-refractivity contribution >= 4 is 131 Å². The molecule has 0 saturated carbocycles. The third-order valence-corrected chi connectivity index (χ3v) is 15.9. The molecule has 2 saturated heterocycles. The average Bonchev–Trinajstić information content (AvgIpc) is 0.810. The van der Waals surface area contributed by atoms with E-state index in [4.69, 9.17) is 25.4 Å². The van der Waals surface area contributed by atoms with E-state index in [0.717, 1.165) is 83.5 Å². The molecule has 0 radical (unpaired) electrons. The summed E-state index contributed by atoms with van der Waals surface area (Å²) in [6, 6.07) is 54.3. The van der Waals surface area contributed by atoms with E-state index in [2.05, 4.69) is 167 Å². The number of carbonyl (C=O) groups is 7. The van der Waals surface area contributed by atoms with E-state index in [1.165, 1.54) is 47.4 Å². The Morgan fingerprint density at radius 1 is 0.446 bits per heavy atom. The van der Waals surface area contributed by atoms with Gasteiger partial charge in [-0.05, 0) is 245 Å². The fourth-order valence-electron chi connectivity index (χ4n) is 9.47. The van der Waals surface area contributed by atoms with Crippen molar-refractivity contribution in [2.45, 2.75) is 72.9 Å². The Hall–Kier alpha value is -10.5. The average molecular weight is 1800 g/mol. The topological polar surface area (TPSA) is 313 Å². The van der Waals surface area contributed by atoms with Crippen LogP contribution in [0, 0.1) is 48.5 Å². The minimum absolute atomic E-state index is 0.132. The van der Waals surface area contributed by atoms with Crippen LogP contribution < -0.4 is 10.8 Å². The monoisotopic (exact) mass is 1800 g/mol. The van der Waals surface area contributed by atoms with Crippen molar-refractivity contribution in [1.29, 1.82) is 0 Å². The standard InChI is InChI=1S/C19H18F2N2O.C16H15NO2.C14H13NO.C8H8BF3O2.2C6H4BrNO.C5H3Br2N.C3H5F2N.C3H4O4/c1-13-8-14(2)10-15(9-13)17-5-3-4-16(22-17)6-7-18(24)23-11-19(20,21)12-23;1-11-8-12(2)10-13(9-11)15-5-3-4-14(17-15)6-7-16(18)19;1-10-6-11(2)8-12(7-10)14-5-3-4-13(9-16)15-14;1-5-2-6(8(10,11)12)4-7(3-5)9(13)14;2*7-6-3-1-2-5(4-9)8-6;6-4-2-1-3-5(7)8-4;4-3(5)1-6-2-3;4-2(5)1-3(6)7/h3-10H,11-12H2,1-2H3;3-10H,1-2H3,(H,18,19);3-9H,1-2H3;2-4,13-14H,1H3;2*1-4H;1-3H;6H,1-2H2;1H2,(H,4,5)(H,6,7)/b2*7-6+;;;;;;;. The highest BCUT2D eigenvalue weighted by molar-refractivity contribution is 9.11. The molecular formula is C80H74BBr4F7N8O12. The first kappa shape index (κ1) is 93.9. The first-order chi connectivity index (χ1) is 52.6. The molecule has 6 aromatic heterocycles. The molecule has 4 aromatic carbocycles. The summed E-state index contributed by atoms with van der Waals surface area (Å²) in [5.74, 6) is -9.15. The van der Waals surface area contributed by atoms with Crippen LogP contribution in [0.1, 0.15) is 93.8 Å². The van der Waals surface area contributed by atoms with Crippen LogP contribution >= 0.6 is 63.7 Å². The number of aliphatic carboxylic acids is 3. The van der Waals surface area contributed by atoms with Gasteiger partial charge in [-0.2, -0.15) is 13.2 Å². The van der Waals surface area contributed by atoms with Crippen molar-refractivity contribution in [2.24, 2.45) is 0 Å². The third-order valence-electron chi connectivity index (χ3n) is 14.1. The Labute approximate surface area is 674 Å². The van der Waals surface area contributed by atoms with Crippen molar-refractivity contribution < 1.29 is 89.7 Å². The molecule has 32 heteroatoms. The third kappa shape index (κ3) is 37.0. The maximum Gasteiger partial charge on any atom is 0.488 e. The van der Waals surface area contributed by atoms with E-state index in [1.54, 1.807) is 60.7 Å². The molecule has 112 heavy (non-hydrogen) atoms. The number of carbonyl (C=O) groups excluding carboxylic acids is 4. The molecule has 8 heterocycles. The lowest BCUT2D eigenvalue weighted by atomic mass is 9.78. The molecule has 1 amide bonds. The summed E-state index contributed by atoms with van der Waals surface area (Å²) in [7, 11) is -1.88. The van der Waals surface area contributed by atoms with Crippen molar-refractivity contribution in [2.75, 3.05) is 26.2 Å². The zero-order chi connectivity index (χ0) is 83.5. The number of nitrogens with zero attached hydrogens (tertiary/aromatic N) is 7. The molecule has 0 bridgehead atoms. The van der Waals surface area contributed by atoms with Crippen LogP contribution in [0.25, 0.3) is 45.9 Å². The van der Waals surface area contributed by atoms with E-state index in [1.807, 2.05) is 82.3 Å². The fraction of sp³-hybridized carbons (Fsp3) is 0.188. The summed E-state index contributed by atoms with van der Waals surface area (Å²) in [5.41, 5.74) is 14.6. The molecule has 0 unspecified atom stereocenters. The van der Waals surface area contributed by atoms with Gasteiger partial charge in [0.15, 0.2) is 18.9 Å². The number of amides is 1. The number of halogens is 11. The quantitative estimate of drug-likeness (QED) is 0.0156. The van der Waals surface area contributed by atoms with Crippen LogP contribution in [-0.4, -0.2) is 148 Å². The number of hydrogen-bond donors (Lipinski definition) is 6. The van der Waals surface area contributed by atoms with Gasteiger partial charge in [-0.15, -0.1) is 0 Å². The number of carboxylic acid groups (broad SMARTS) is 3. The van der Waals surface area contributed by atoms with E-state index in [-0.39, 0.29) is 18.6 Å². The molecule has 20 nitrogen and oxygen atoms in total. The number of aldehydes is 3. The van der Waals surface area contributed by atoms with Crippen molar-refractivity contribution in [1.82, 2.24) is 40.1 Å². The number of rotatable bonds is 13. The van der Waals surface area contributed by atoms with Crippen LogP contribution in [0.4, 0.5) is 30.7 Å². The fourth-order valence-corrected chi connectivity index (χ4v) is 11.1. The van der Waals surface area contributed by atoms with Gasteiger partial charge in [-0.25, -0.2) is 52.3 Å². The number of likely N-dealkylation sites (tertiary alicyclic amines) is 1. The molecule has 0 aliphatic carbocycles. The minimum Gasteiger partial charge on any atom is -0.481 e. The van der Waals surface area contributed by atoms with Gasteiger partial charge in [-0.3, -0.25) is 28.8 Å². The number of benzene rings is 4. The zero-order valence-corrected chi connectivity index (χ0v) is 67.2. The Morgan fingerprint density at radius 2 is 0.759 bits per heavy atom. The number of alkyl halides is 7. The molecule has 12 rings (SSSR count). The SMILES string of the molecule is Brc1cccc(Br)n1.Cc1cc(B(O)O)cc(C(F)(F)F)c1.Cc1cc(C)cc(-c2cccc(/C=C/C(=O)N3CC(F)(F)C3)n2)c1.Cc1cc(C)cc(-c2cccc(/C=C/C(=O)O)n2)c1.Cc1cc(C)cc(-c2cccc(C=O)n2)c1.FC1(F)CNC1.O=C(O)CC(=O)O.O=Cc1cccc(Br)n1.O=Cc1cccc(Br)n1. The number of carboxylic acids is 3. The van der Waals surface area contributed by atoms with E-state index in [0.29, 0.717) is 55.8 Å². The van der Waals surface area contributed by atoms with E-state index < -0.39 is 74.0 Å². The molecule has 2 aliphatic heterocycles. The summed E-state index contributed by atoms with van der Waals surface area (Å²) in [5, 5.41) is 43.9. The highest BCUT2D eigenvalue weighted by atomic mass is 79.9. The first-order valence-electron chi connectivity index (χ1n) is 33.0. The second-order valence-electron chi connectivity index (χ2n) is 24.4. The van der Waals surface area contributed by atoms with Gasteiger partial charge < -0.3 is 35.6 Å². The highest BCUT2D eigenvalue weighted by Gasteiger charge is 2.45. The summed E-state index contributed by atoms with van der Waals surface area (Å²) < 4.78 is 88.4. The second kappa shape index (κ2) is 46.4. The maximum absolute atomic E-state index is 12.8. The lowest BCUT2D eigenvalue weighted by Gasteiger charge is -2.37. The van der Waals surface area contributed by atoms with Gasteiger partial charge in [0, 0.05) is 28.8 Å². The van der Waals surface area contributed by atoms with Crippen LogP contribution in [0.15, 0.2) is 213 Å². The lowest BCUT2D eigenvalue weighted by Crippen LogP contribution is -2.57. The van der Waals surface area contributed by atoms with Crippen molar-refractivity contribution in [3.05, 3.63) is 286 Å². The summed E-state index contributed by atoms with van der Waals surface area (Å²) in [6.07, 6.45) is 2.37. The van der Waals surface area contributed by atoms with Gasteiger partial charge in [-0.1, -0.05) is 106 Å². The number of aromatic nitrogens is 6. The Morgan fingerprint density at radius 3 is 1.03 bits per heavy atom. The van der Waals surface area contributed by atoms with Crippen LogP contribution in [0.3, 0.4) is 0 Å². The number of aryl methyl sites for hydroxylation is 7. The van der Waals surface area contributed by atoms with Gasteiger partial charge in [0.25, 0.3) is 11.8 Å². The molecule has 10 aromatic rings. The summed E-state index contributed by atoms with van der Waals surface area (Å²) in [4.78, 5) is 98.0. The number of hydrogen-bond acceptors (Lipinski definition) is 16. The summed E-state index contributed by atoms with van der Waals surface area (Å²) in [6.45, 7) is 12.4. The lowest BCUT2D eigenvalue weighted by molar-refractivity contribution is -0.160. The van der Waals surface area contributed by atoms with Crippen LogP contribution in [0.5, 0.6) is 0 Å². The maximum atomic E-state index is 12.8. The van der Waals surface area contributed by atoms with Crippen LogP contribution in [-0.2, 0) is 25.4 Å². The van der Waals surface area contributed by atoms with Crippen LogP contribution in [0.2, 0.25) is 0 Å².